The molecule has 1 aromatic carbocycles. The van der Waals surface area contributed by atoms with Crippen molar-refractivity contribution in [3.05, 3.63) is 29.8 Å². The minimum atomic E-state index is -2.81. The Morgan fingerprint density at radius 1 is 1.30 bits per heavy atom. The fourth-order valence-corrected chi connectivity index (χ4v) is 4.22. The highest BCUT2D eigenvalue weighted by molar-refractivity contribution is 7.91. The van der Waals surface area contributed by atoms with E-state index in [1.807, 2.05) is 31.2 Å². The smallest absolute Gasteiger partial charge is 0.150 e. The second kappa shape index (κ2) is 6.59. The van der Waals surface area contributed by atoms with E-state index < -0.39 is 9.84 Å². The number of para-hydroxylation sites is 1. The molecule has 0 aromatic heterocycles. The van der Waals surface area contributed by atoms with Gasteiger partial charge < -0.3 is 10.5 Å². The molecule has 1 atom stereocenters. The van der Waals surface area contributed by atoms with Crippen molar-refractivity contribution >= 4 is 9.84 Å². The maximum absolute atomic E-state index is 11.5. The monoisotopic (exact) mass is 297 g/mol. The van der Waals surface area contributed by atoms with Crippen LogP contribution in [0.15, 0.2) is 24.3 Å². The van der Waals surface area contributed by atoms with Crippen LogP contribution in [0.4, 0.5) is 0 Å². The number of aryl methyl sites for hydroxylation is 1. The Morgan fingerprint density at radius 2 is 1.95 bits per heavy atom. The highest BCUT2D eigenvalue weighted by Crippen LogP contribution is 2.27. The summed E-state index contributed by atoms with van der Waals surface area (Å²) in [5, 5.41) is 0. The summed E-state index contributed by atoms with van der Waals surface area (Å²) in [4.78, 5) is 0. The highest BCUT2D eigenvalue weighted by atomic mass is 32.2. The van der Waals surface area contributed by atoms with Gasteiger partial charge in [0.25, 0.3) is 0 Å². The SMILES string of the molecule is Cc1ccccc1OCC(CN)C1CCS(=O)(=O)CC1. The third kappa shape index (κ3) is 3.96. The molecular weight excluding hydrogens is 274 g/mol. The summed E-state index contributed by atoms with van der Waals surface area (Å²) < 4.78 is 28.8. The maximum atomic E-state index is 11.5. The number of sulfone groups is 1. The van der Waals surface area contributed by atoms with Crippen molar-refractivity contribution in [1.82, 2.24) is 0 Å². The van der Waals surface area contributed by atoms with Gasteiger partial charge in [0.15, 0.2) is 0 Å². The van der Waals surface area contributed by atoms with Gasteiger partial charge in [0.05, 0.1) is 18.1 Å². The number of rotatable bonds is 5. The minimum Gasteiger partial charge on any atom is -0.493 e. The lowest BCUT2D eigenvalue weighted by molar-refractivity contribution is 0.188. The Kier molecular flexibility index (Phi) is 5.05. The number of benzene rings is 1. The van der Waals surface area contributed by atoms with Gasteiger partial charge in [-0.15, -0.1) is 0 Å². The lowest BCUT2D eigenvalue weighted by atomic mass is 9.88. The van der Waals surface area contributed by atoms with Gasteiger partial charge in [-0.3, -0.25) is 0 Å². The van der Waals surface area contributed by atoms with Crippen molar-refractivity contribution in [2.24, 2.45) is 17.6 Å². The molecule has 2 N–H and O–H groups in total. The van der Waals surface area contributed by atoms with Gasteiger partial charge in [0.1, 0.15) is 15.6 Å². The molecule has 5 heteroatoms. The summed E-state index contributed by atoms with van der Waals surface area (Å²) in [6.45, 7) is 3.11. The zero-order valence-electron chi connectivity index (χ0n) is 11.9. The zero-order valence-corrected chi connectivity index (χ0v) is 12.7. The Morgan fingerprint density at radius 3 is 2.55 bits per heavy atom. The number of nitrogens with two attached hydrogens (primary N) is 1. The average Bonchev–Trinajstić information content (AvgIpc) is 2.42. The Labute approximate surface area is 121 Å². The fourth-order valence-electron chi connectivity index (χ4n) is 2.69. The van der Waals surface area contributed by atoms with Crippen LogP contribution in [0.2, 0.25) is 0 Å². The van der Waals surface area contributed by atoms with Crippen LogP contribution in [0.3, 0.4) is 0 Å². The summed E-state index contributed by atoms with van der Waals surface area (Å²) in [5.41, 5.74) is 6.95. The topological polar surface area (TPSA) is 69.4 Å². The first-order valence-electron chi connectivity index (χ1n) is 7.11. The van der Waals surface area contributed by atoms with E-state index >= 15 is 0 Å². The van der Waals surface area contributed by atoms with Crippen molar-refractivity contribution < 1.29 is 13.2 Å². The summed E-state index contributed by atoms with van der Waals surface area (Å²) in [6.07, 6.45) is 1.42. The molecule has 1 heterocycles. The van der Waals surface area contributed by atoms with Crippen LogP contribution < -0.4 is 10.5 Å². The van der Waals surface area contributed by atoms with Crippen molar-refractivity contribution in [2.45, 2.75) is 19.8 Å². The quantitative estimate of drug-likeness (QED) is 0.899. The molecule has 2 rings (SSSR count). The van der Waals surface area contributed by atoms with Gasteiger partial charge in [-0.05, 0) is 43.9 Å². The van der Waals surface area contributed by atoms with E-state index in [0.717, 1.165) is 11.3 Å². The molecular formula is C15H23NO3S. The van der Waals surface area contributed by atoms with Crippen molar-refractivity contribution in [1.29, 1.82) is 0 Å². The molecule has 1 aromatic rings. The molecule has 1 unspecified atom stereocenters. The van der Waals surface area contributed by atoms with Crippen LogP contribution in [0.25, 0.3) is 0 Å². The van der Waals surface area contributed by atoms with Crippen LogP contribution in [0, 0.1) is 18.8 Å². The first kappa shape index (κ1) is 15.3. The summed E-state index contributed by atoms with van der Waals surface area (Å²) in [5.74, 6) is 2.05. The third-order valence-electron chi connectivity index (χ3n) is 4.12. The summed E-state index contributed by atoms with van der Waals surface area (Å²) in [6, 6.07) is 7.90. The van der Waals surface area contributed by atoms with Crippen LogP contribution in [-0.4, -0.2) is 33.1 Å². The molecule has 0 bridgehead atoms. The lowest BCUT2D eigenvalue weighted by Gasteiger charge is -2.29. The maximum Gasteiger partial charge on any atom is 0.150 e. The number of ether oxygens (including phenoxy) is 1. The van der Waals surface area contributed by atoms with E-state index in [1.165, 1.54) is 0 Å². The van der Waals surface area contributed by atoms with Crippen molar-refractivity contribution in [3.8, 4) is 5.75 Å². The molecule has 1 fully saturated rings. The van der Waals surface area contributed by atoms with E-state index in [1.54, 1.807) is 0 Å². The zero-order chi connectivity index (χ0) is 14.6. The standard InChI is InChI=1S/C15H23NO3S/c1-12-4-2-3-5-15(12)19-11-14(10-16)13-6-8-20(17,18)9-7-13/h2-5,13-14H,6-11,16H2,1H3. The first-order chi connectivity index (χ1) is 9.52. The van der Waals surface area contributed by atoms with E-state index in [9.17, 15) is 8.42 Å². The van der Waals surface area contributed by atoms with E-state index in [4.69, 9.17) is 10.5 Å². The molecule has 0 radical (unpaired) electrons. The summed E-state index contributed by atoms with van der Waals surface area (Å²) in [7, 11) is -2.81. The van der Waals surface area contributed by atoms with E-state index in [-0.39, 0.29) is 5.92 Å². The molecule has 0 amide bonds. The predicted octanol–water partition coefficient (Wildman–Crippen LogP) is 1.77. The molecule has 112 valence electrons. The van der Waals surface area contributed by atoms with Crippen LogP contribution in [0.5, 0.6) is 5.75 Å². The summed E-state index contributed by atoms with van der Waals surface area (Å²) >= 11 is 0. The van der Waals surface area contributed by atoms with Gasteiger partial charge in [-0.1, -0.05) is 18.2 Å². The van der Waals surface area contributed by atoms with E-state index in [0.29, 0.717) is 43.4 Å². The molecule has 4 nitrogen and oxygen atoms in total. The molecule has 1 aliphatic rings. The largest absolute Gasteiger partial charge is 0.493 e. The second-order valence-corrected chi connectivity index (χ2v) is 7.87. The molecule has 0 spiro atoms. The van der Waals surface area contributed by atoms with Crippen LogP contribution in [-0.2, 0) is 9.84 Å². The van der Waals surface area contributed by atoms with Gasteiger partial charge in [-0.2, -0.15) is 0 Å². The number of hydrogen-bond acceptors (Lipinski definition) is 4. The average molecular weight is 297 g/mol. The molecule has 0 aliphatic carbocycles. The minimum absolute atomic E-state index is 0.227. The van der Waals surface area contributed by atoms with Gasteiger partial charge in [0.2, 0.25) is 0 Å². The lowest BCUT2D eigenvalue weighted by Crippen LogP contribution is -2.35. The van der Waals surface area contributed by atoms with Gasteiger partial charge in [-0.25, -0.2) is 8.42 Å². The fraction of sp³-hybridized carbons (Fsp3) is 0.600. The Balaban J connectivity index is 1.92. The van der Waals surface area contributed by atoms with Gasteiger partial charge >= 0.3 is 0 Å². The Bertz CT molecular complexity index is 528. The first-order valence-corrected chi connectivity index (χ1v) is 8.93. The molecule has 0 saturated carbocycles. The predicted molar refractivity (Wildman–Crippen MR) is 80.6 cm³/mol. The highest BCUT2D eigenvalue weighted by Gasteiger charge is 2.29. The number of hydrogen-bond donors (Lipinski definition) is 1. The van der Waals surface area contributed by atoms with Crippen LogP contribution in [0.1, 0.15) is 18.4 Å². The molecule has 1 aliphatic heterocycles. The van der Waals surface area contributed by atoms with Crippen LogP contribution >= 0.6 is 0 Å². The third-order valence-corrected chi connectivity index (χ3v) is 5.83. The normalized spacial score (nSPS) is 20.5. The molecule has 1 saturated heterocycles. The Hall–Kier alpha value is -1.07. The van der Waals surface area contributed by atoms with Crippen molar-refractivity contribution in [3.63, 3.8) is 0 Å². The molecule has 20 heavy (non-hydrogen) atoms. The van der Waals surface area contributed by atoms with E-state index in [2.05, 4.69) is 0 Å². The second-order valence-electron chi connectivity index (χ2n) is 5.56. The van der Waals surface area contributed by atoms with Gasteiger partial charge in [0, 0.05) is 5.92 Å². The van der Waals surface area contributed by atoms with Crippen molar-refractivity contribution in [2.75, 3.05) is 24.7 Å².